The summed E-state index contributed by atoms with van der Waals surface area (Å²) in [5, 5.41) is 11.9. The number of carboxylic acids is 1. The molecule has 4 heteroatoms. The van der Waals surface area contributed by atoms with Gasteiger partial charge in [0, 0.05) is 24.3 Å². The Labute approximate surface area is 153 Å². The van der Waals surface area contributed by atoms with Crippen molar-refractivity contribution in [2.45, 2.75) is 31.8 Å². The van der Waals surface area contributed by atoms with E-state index in [-0.39, 0.29) is 6.04 Å². The van der Waals surface area contributed by atoms with Crippen molar-refractivity contribution in [2.24, 2.45) is 0 Å². The number of aryl methyl sites for hydroxylation is 1. The molecule has 1 saturated heterocycles. The zero-order chi connectivity index (χ0) is 18.1. The number of aromatic nitrogens is 1. The second-order valence-corrected chi connectivity index (χ2v) is 6.98. The average molecular weight is 346 g/mol. The zero-order valence-electron chi connectivity index (χ0n) is 14.8. The fraction of sp³-hybridized carbons (Fsp3) is 0.273. The summed E-state index contributed by atoms with van der Waals surface area (Å²) in [6.45, 7) is 2.89. The van der Waals surface area contributed by atoms with Crippen LogP contribution < -0.4 is 0 Å². The first-order valence-corrected chi connectivity index (χ1v) is 9.03. The van der Waals surface area contributed by atoms with Gasteiger partial charge in [0.1, 0.15) is 6.04 Å². The lowest BCUT2D eigenvalue weighted by Gasteiger charge is -2.33. The van der Waals surface area contributed by atoms with Crippen molar-refractivity contribution < 1.29 is 9.90 Å². The molecule has 3 aromatic rings. The third-order valence-electron chi connectivity index (χ3n) is 5.37. The van der Waals surface area contributed by atoms with Gasteiger partial charge in [-0.15, -0.1) is 0 Å². The van der Waals surface area contributed by atoms with Gasteiger partial charge >= 0.3 is 5.97 Å². The van der Waals surface area contributed by atoms with Crippen molar-refractivity contribution in [1.29, 1.82) is 0 Å². The SMILES string of the molecule is Cc1ccccc1C(c1ccc2cnccc2c1)N1CCCC1C(=O)O. The zero-order valence-corrected chi connectivity index (χ0v) is 14.8. The number of carboxylic acid groups (broad SMARTS) is 1. The third kappa shape index (κ3) is 2.97. The summed E-state index contributed by atoms with van der Waals surface area (Å²) in [6.07, 6.45) is 5.27. The van der Waals surface area contributed by atoms with Gasteiger partial charge in [0.2, 0.25) is 0 Å². The predicted molar refractivity (Wildman–Crippen MR) is 102 cm³/mol. The van der Waals surface area contributed by atoms with Gasteiger partial charge in [-0.05, 0) is 54.0 Å². The standard InChI is InChI=1S/C22H22N2O2/c1-15-5-2-3-6-19(15)21(24-12-4-7-20(24)22(25)26)17-8-9-18-14-23-11-10-16(18)13-17/h2-3,5-6,8-11,13-14,20-21H,4,7,12H2,1H3,(H,25,26). The molecular weight excluding hydrogens is 324 g/mol. The van der Waals surface area contributed by atoms with Crippen molar-refractivity contribution in [3.63, 3.8) is 0 Å². The van der Waals surface area contributed by atoms with E-state index in [1.807, 2.05) is 24.4 Å². The molecule has 0 amide bonds. The van der Waals surface area contributed by atoms with E-state index < -0.39 is 12.0 Å². The summed E-state index contributed by atoms with van der Waals surface area (Å²) in [4.78, 5) is 18.2. The van der Waals surface area contributed by atoms with E-state index in [0.29, 0.717) is 6.42 Å². The summed E-state index contributed by atoms with van der Waals surface area (Å²) in [5.41, 5.74) is 3.49. The molecule has 0 radical (unpaired) electrons. The fourth-order valence-electron chi connectivity index (χ4n) is 4.08. The highest BCUT2D eigenvalue weighted by Gasteiger charge is 2.37. The van der Waals surface area contributed by atoms with E-state index in [4.69, 9.17) is 0 Å². The maximum absolute atomic E-state index is 11.8. The van der Waals surface area contributed by atoms with Crippen molar-refractivity contribution in [2.75, 3.05) is 6.54 Å². The first-order chi connectivity index (χ1) is 12.6. The number of rotatable bonds is 4. The van der Waals surface area contributed by atoms with E-state index in [2.05, 4.69) is 47.1 Å². The lowest BCUT2D eigenvalue weighted by atomic mass is 9.92. The highest BCUT2D eigenvalue weighted by atomic mass is 16.4. The molecule has 1 aliphatic rings. The second-order valence-electron chi connectivity index (χ2n) is 6.98. The molecule has 26 heavy (non-hydrogen) atoms. The Morgan fingerprint density at radius 1 is 1.19 bits per heavy atom. The van der Waals surface area contributed by atoms with E-state index >= 15 is 0 Å². The van der Waals surface area contributed by atoms with E-state index in [0.717, 1.165) is 29.3 Å². The van der Waals surface area contributed by atoms with Crippen LogP contribution in [-0.4, -0.2) is 33.5 Å². The number of nitrogens with zero attached hydrogens (tertiary/aromatic N) is 2. The average Bonchev–Trinajstić information content (AvgIpc) is 3.13. The molecule has 0 bridgehead atoms. The lowest BCUT2D eigenvalue weighted by Crippen LogP contribution is -2.39. The number of aliphatic carboxylic acids is 1. The number of benzene rings is 2. The molecule has 4 rings (SSSR count). The number of likely N-dealkylation sites (tertiary alicyclic amines) is 1. The van der Waals surface area contributed by atoms with Gasteiger partial charge in [-0.2, -0.15) is 0 Å². The highest BCUT2D eigenvalue weighted by Crippen LogP contribution is 2.37. The number of fused-ring (bicyclic) bond motifs is 1. The van der Waals surface area contributed by atoms with Gasteiger partial charge < -0.3 is 5.11 Å². The summed E-state index contributed by atoms with van der Waals surface area (Å²) >= 11 is 0. The minimum Gasteiger partial charge on any atom is -0.480 e. The molecule has 2 unspecified atom stereocenters. The Morgan fingerprint density at radius 2 is 2.04 bits per heavy atom. The van der Waals surface area contributed by atoms with Crippen LogP contribution in [0.5, 0.6) is 0 Å². The van der Waals surface area contributed by atoms with Crippen LogP contribution in [0.3, 0.4) is 0 Å². The molecule has 1 aliphatic heterocycles. The Balaban J connectivity index is 1.87. The molecule has 0 spiro atoms. The number of carbonyl (C=O) groups is 1. The van der Waals surface area contributed by atoms with Gasteiger partial charge in [0.05, 0.1) is 6.04 Å². The number of hydrogen-bond acceptors (Lipinski definition) is 3. The Morgan fingerprint density at radius 3 is 2.85 bits per heavy atom. The predicted octanol–water partition coefficient (Wildman–Crippen LogP) is 4.18. The van der Waals surface area contributed by atoms with Gasteiger partial charge in [0.25, 0.3) is 0 Å². The van der Waals surface area contributed by atoms with Crippen LogP contribution in [0.1, 0.15) is 35.6 Å². The first kappa shape index (κ1) is 16.7. The topological polar surface area (TPSA) is 53.4 Å². The van der Waals surface area contributed by atoms with Gasteiger partial charge in [-0.1, -0.05) is 36.4 Å². The van der Waals surface area contributed by atoms with Crippen LogP contribution in [0.15, 0.2) is 60.9 Å². The molecule has 1 aromatic heterocycles. The van der Waals surface area contributed by atoms with Crippen LogP contribution in [0.4, 0.5) is 0 Å². The molecular formula is C22H22N2O2. The maximum Gasteiger partial charge on any atom is 0.320 e. The van der Waals surface area contributed by atoms with Crippen molar-refractivity contribution >= 4 is 16.7 Å². The largest absolute Gasteiger partial charge is 0.480 e. The molecule has 132 valence electrons. The van der Waals surface area contributed by atoms with Crippen LogP contribution in [0, 0.1) is 6.92 Å². The van der Waals surface area contributed by atoms with Crippen molar-refractivity contribution in [3.8, 4) is 0 Å². The molecule has 4 nitrogen and oxygen atoms in total. The van der Waals surface area contributed by atoms with E-state index in [1.54, 1.807) is 6.20 Å². The molecule has 0 aliphatic carbocycles. The molecule has 1 fully saturated rings. The normalized spacial score (nSPS) is 18.9. The lowest BCUT2D eigenvalue weighted by molar-refractivity contribution is -0.142. The van der Waals surface area contributed by atoms with Gasteiger partial charge in [-0.3, -0.25) is 14.7 Å². The summed E-state index contributed by atoms with van der Waals surface area (Å²) in [6, 6.07) is 16.1. The summed E-state index contributed by atoms with van der Waals surface area (Å²) < 4.78 is 0. The molecule has 2 atom stereocenters. The molecule has 2 heterocycles. The third-order valence-corrected chi connectivity index (χ3v) is 5.37. The highest BCUT2D eigenvalue weighted by molar-refractivity contribution is 5.82. The van der Waals surface area contributed by atoms with Gasteiger partial charge in [-0.25, -0.2) is 0 Å². The Kier molecular flexibility index (Phi) is 4.43. The fourth-order valence-corrected chi connectivity index (χ4v) is 4.08. The van der Waals surface area contributed by atoms with Crippen LogP contribution in [-0.2, 0) is 4.79 Å². The maximum atomic E-state index is 11.8. The number of hydrogen-bond donors (Lipinski definition) is 1. The van der Waals surface area contributed by atoms with E-state index in [9.17, 15) is 9.90 Å². The van der Waals surface area contributed by atoms with Gasteiger partial charge in [0.15, 0.2) is 0 Å². The van der Waals surface area contributed by atoms with Crippen LogP contribution in [0.25, 0.3) is 10.8 Å². The molecule has 1 N–H and O–H groups in total. The summed E-state index contributed by atoms with van der Waals surface area (Å²) in [5.74, 6) is -0.730. The quantitative estimate of drug-likeness (QED) is 0.770. The first-order valence-electron chi connectivity index (χ1n) is 9.03. The number of pyridine rings is 1. The Hall–Kier alpha value is -2.72. The van der Waals surface area contributed by atoms with Crippen molar-refractivity contribution in [3.05, 3.63) is 77.6 Å². The minimum absolute atomic E-state index is 0.0580. The molecule has 0 saturated carbocycles. The second kappa shape index (κ2) is 6.89. The van der Waals surface area contributed by atoms with Crippen molar-refractivity contribution in [1.82, 2.24) is 9.88 Å². The van der Waals surface area contributed by atoms with E-state index in [1.165, 1.54) is 11.1 Å². The van der Waals surface area contributed by atoms with Crippen LogP contribution >= 0.6 is 0 Å². The molecule has 2 aromatic carbocycles. The minimum atomic E-state index is -0.730. The smallest absolute Gasteiger partial charge is 0.320 e. The van der Waals surface area contributed by atoms with Crippen LogP contribution in [0.2, 0.25) is 0 Å². The monoisotopic (exact) mass is 346 g/mol. The Bertz CT molecular complexity index is 954. The summed E-state index contributed by atoms with van der Waals surface area (Å²) in [7, 11) is 0.